The quantitative estimate of drug-likeness (QED) is 0.422. The largest absolute Gasteiger partial charge is 0.294 e. The van der Waals surface area contributed by atoms with Crippen molar-refractivity contribution in [3.63, 3.8) is 0 Å². The molecule has 0 radical (unpaired) electrons. The zero-order valence-corrected chi connectivity index (χ0v) is 10.7. The number of carbonyl (C=O) groups excluding carboxylic acids is 1. The lowest BCUT2D eigenvalue weighted by Gasteiger charge is -2.02. The maximum absolute atomic E-state index is 11.0. The van der Waals surface area contributed by atoms with Crippen LogP contribution in [0.15, 0.2) is 16.6 Å². The molecule has 0 saturated carbocycles. The van der Waals surface area contributed by atoms with Crippen LogP contribution in [0.2, 0.25) is 5.02 Å². The van der Waals surface area contributed by atoms with E-state index in [1.165, 1.54) is 6.92 Å². The van der Waals surface area contributed by atoms with Crippen molar-refractivity contribution in [2.45, 2.75) is 6.92 Å². The summed E-state index contributed by atoms with van der Waals surface area (Å²) in [6, 6.07) is 3.51. The van der Waals surface area contributed by atoms with E-state index in [4.69, 9.17) is 11.6 Å². The third-order valence-corrected chi connectivity index (χ3v) is 3.99. The maximum atomic E-state index is 11.0. The van der Waals surface area contributed by atoms with Crippen LogP contribution in [0.4, 0.5) is 0 Å². The smallest absolute Gasteiger partial charge is 0.161 e. The van der Waals surface area contributed by atoms with Gasteiger partial charge in [-0.15, -0.1) is 0 Å². The van der Waals surface area contributed by atoms with E-state index in [9.17, 15) is 4.79 Å². The van der Waals surface area contributed by atoms with Gasteiger partial charge in [-0.05, 0) is 57.6 Å². The Hall–Kier alpha value is 0.390. The Morgan fingerprint density at radius 3 is 2.67 bits per heavy atom. The van der Waals surface area contributed by atoms with E-state index in [0.29, 0.717) is 10.6 Å². The van der Waals surface area contributed by atoms with Crippen molar-refractivity contribution in [3.8, 4) is 0 Å². The number of hydrogen-bond donors (Lipinski definition) is 0. The van der Waals surface area contributed by atoms with E-state index in [1.54, 1.807) is 12.1 Å². The molecular formula is C8H5BrClIO. The van der Waals surface area contributed by atoms with E-state index >= 15 is 0 Å². The summed E-state index contributed by atoms with van der Waals surface area (Å²) in [4.78, 5) is 11.0. The molecule has 0 atom stereocenters. The number of halogens is 3. The molecule has 0 heterocycles. The van der Waals surface area contributed by atoms with Crippen LogP contribution in [0.25, 0.3) is 0 Å². The van der Waals surface area contributed by atoms with Crippen LogP contribution in [0.3, 0.4) is 0 Å². The number of benzene rings is 1. The topological polar surface area (TPSA) is 17.1 Å². The third kappa shape index (κ3) is 2.20. The standard InChI is InChI=1S/C8H5BrClIO/c1-4(12)5-2-8(11)6(9)3-7(5)10/h2-3H,1H3. The first kappa shape index (κ1) is 10.5. The number of carbonyl (C=O) groups is 1. The minimum Gasteiger partial charge on any atom is -0.294 e. The molecule has 64 valence electrons. The first-order valence-corrected chi connectivity index (χ1v) is 5.43. The average molecular weight is 359 g/mol. The molecule has 0 aliphatic rings. The molecule has 0 aromatic heterocycles. The first-order chi connectivity index (χ1) is 5.52. The molecule has 12 heavy (non-hydrogen) atoms. The molecule has 1 aromatic rings. The molecule has 0 amide bonds. The average Bonchev–Trinajstić information content (AvgIpc) is 1.96. The molecule has 0 fully saturated rings. The molecule has 4 heteroatoms. The summed E-state index contributed by atoms with van der Waals surface area (Å²) >= 11 is 11.3. The molecule has 0 bridgehead atoms. The van der Waals surface area contributed by atoms with Crippen LogP contribution in [0.1, 0.15) is 17.3 Å². The zero-order chi connectivity index (χ0) is 9.30. The van der Waals surface area contributed by atoms with Crippen LogP contribution in [-0.2, 0) is 0 Å². The maximum Gasteiger partial charge on any atom is 0.161 e. The molecule has 1 rings (SSSR count). The summed E-state index contributed by atoms with van der Waals surface area (Å²) in [6.45, 7) is 1.51. The lowest BCUT2D eigenvalue weighted by atomic mass is 10.1. The highest BCUT2D eigenvalue weighted by Gasteiger charge is 2.08. The van der Waals surface area contributed by atoms with Crippen LogP contribution >= 0.6 is 50.1 Å². The highest BCUT2D eigenvalue weighted by molar-refractivity contribution is 14.1. The lowest BCUT2D eigenvalue weighted by Crippen LogP contribution is -1.94. The Kier molecular flexibility index (Phi) is 3.55. The van der Waals surface area contributed by atoms with E-state index in [1.807, 2.05) is 0 Å². The summed E-state index contributed by atoms with van der Waals surface area (Å²) in [5.41, 5.74) is 0.573. The fourth-order valence-corrected chi connectivity index (χ4v) is 2.03. The van der Waals surface area contributed by atoms with Gasteiger partial charge in [-0.2, -0.15) is 0 Å². The van der Waals surface area contributed by atoms with Gasteiger partial charge in [0.1, 0.15) is 0 Å². The van der Waals surface area contributed by atoms with Crippen LogP contribution in [0, 0.1) is 3.57 Å². The second-order valence-electron chi connectivity index (χ2n) is 2.30. The minimum atomic E-state index is -0.00887. The molecule has 1 aromatic carbocycles. The van der Waals surface area contributed by atoms with Gasteiger partial charge in [0.15, 0.2) is 5.78 Å². The van der Waals surface area contributed by atoms with Crippen LogP contribution in [0.5, 0.6) is 0 Å². The number of Topliss-reactive ketones (excluding diaryl/α,β-unsaturated/α-hetero) is 1. The van der Waals surface area contributed by atoms with Crippen LogP contribution < -0.4 is 0 Å². The normalized spacial score (nSPS) is 10.0. The van der Waals surface area contributed by atoms with Gasteiger partial charge < -0.3 is 0 Å². The van der Waals surface area contributed by atoms with Gasteiger partial charge in [-0.1, -0.05) is 11.6 Å². The predicted molar refractivity (Wildman–Crippen MR) is 61.9 cm³/mol. The van der Waals surface area contributed by atoms with Crippen molar-refractivity contribution < 1.29 is 4.79 Å². The molecule has 0 saturated heterocycles. The van der Waals surface area contributed by atoms with Gasteiger partial charge in [0, 0.05) is 13.6 Å². The molecule has 0 unspecified atom stereocenters. The second kappa shape index (κ2) is 4.07. The molecule has 0 aliphatic carbocycles. The van der Waals surface area contributed by atoms with Gasteiger partial charge in [0.25, 0.3) is 0 Å². The zero-order valence-electron chi connectivity index (χ0n) is 6.20. The van der Waals surface area contributed by atoms with Gasteiger partial charge >= 0.3 is 0 Å². The number of rotatable bonds is 1. The summed E-state index contributed by atoms with van der Waals surface area (Å²) in [7, 11) is 0. The molecule has 0 spiro atoms. The molecular weight excluding hydrogens is 354 g/mol. The highest BCUT2D eigenvalue weighted by atomic mass is 127. The number of ketones is 1. The Bertz CT molecular complexity index is 338. The van der Waals surface area contributed by atoms with Crippen molar-refractivity contribution >= 4 is 55.9 Å². The van der Waals surface area contributed by atoms with Crippen molar-refractivity contribution in [3.05, 3.63) is 30.8 Å². The van der Waals surface area contributed by atoms with E-state index in [0.717, 1.165) is 8.04 Å². The summed E-state index contributed by atoms with van der Waals surface area (Å²) in [6.07, 6.45) is 0. The molecule has 1 nitrogen and oxygen atoms in total. The van der Waals surface area contributed by atoms with Crippen LogP contribution in [-0.4, -0.2) is 5.78 Å². The van der Waals surface area contributed by atoms with Gasteiger partial charge in [-0.3, -0.25) is 4.79 Å². The van der Waals surface area contributed by atoms with Crippen molar-refractivity contribution in [2.24, 2.45) is 0 Å². The highest BCUT2D eigenvalue weighted by Crippen LogP contribution is 2.26. The monoisotopic (exact) mass is 358 g/mol. The summed E-state index contributed by atoms with van der Waals surface area (Å²) in [5.74, 6) is -0.00887. The summed E-state index contributed by atoms with van der Waals surface area (Å²) in [5, 5.41) is 0.495. The lowest BCUT2D eigenvalue weighted by molar-refractivity contribution is 0.101. The first-order valence-electron chi connectivity index (χ1n) is 3.18. The second-order valence-corrected chi connectivity index (χ2v) is 4.73. The van der Waals surface area contributed by atoms with Crippen molar-refractivity contribution in [1.29, 1.82) is 0 Å². The Balaban J connectivity index is 3.33. The fourth-order valence-electron chi connectivity index (χ4n) is 0.792. The molecule has 0 N–H and O–H groups in total. The SMILES string of the molecule is CC(=O)c1cc(I)c(Br)cc1Cl. The van der Waals surface area contributed by atoms with E-state index in [-0.39, 0.29) is 5.78 Å². The number of hydrogen-bond acceptors (Lipinski definition) is 1. The molecule has 0 aliphatic heterocycles. The van der Waals surface area contributed by atoms with Gasteiger partial charge in [-0.25, -0.2) is 0 Å². The van der Waals surface area contributed by atoms with E-state index in [2.05, 4.69) is 38.5 Å². The summed E-state index contributed by atoms with van der Waals surface area (Å²) < 4.78 is 1.90. The van der Waals surface area contributed by atoms with E-state index < -0.39 is 0 Å². The van der Waals surface area contributed by atoms with Crippen molar-refractivity contribution in [2.75, 3.05) is 0 Å². The van der Waals surface area contributed by atoms with Gasteiger partial charge in [0.2, 0.25) is 0 Å². The fraction of sp³-hybridized carbons (Fsp3) is 0.125. The third-order valence-electron chi connectivity index (χ3n) is 1.39. The van der Waals surface area contributed by atoms with Gasteiger partial charge in [0.05, 0.1) is 5.02 Å². The van der Waals surface area contributed by atoms with Crippen molar-refractivity contribution in [1.82, 2.24) is 0 Å². The Morgan fingerprint density at radius 1 is 1.58 bits per heavy atom. The Morgan fingerprint density at radius 2 is 2.17 bits per heavy atom. The minimum absolute atomic E-state index is 0.00887. The Labute approximate surface area is 97.8 Å². The predicted octanol–water partition coefficient (Wildman–Crippen LogP) is 3.91.